The molecule has 11 heteroatoms. The van der Waals surface area contributed by atoms with Crippen LogP contribution in [0.4, 0.5) is 5.82 Å². The standard InChI is InChI=1S/C28H26ClN7O3/c1-36-10-7-23(35-36)26-25(18-12-17-4-3-9-31-24(17)22(29)13-18)34-28(27(30)33-26)39-15-20-6-2-5-19(32-20)14-38-21-8-11-37-16-21/h2-7,9-10,12-13,21H,8,11,14-16H2,1H3,(H2,30,33). The molecule has 1 saturated heterocycles. The molecule has 1 aliphatic heterocycles. The third kappa shape index (κ3) is 5.53. The molecule has 6 rings (SSSR count). The van der Waals surface area contributed by atoms with Crippen LogP contribution in [0.1, 0.15) is 17.8 Å². The lowest BCUT2D eigenvalue weighted by molar-refractivity contribution is 0.0300. The molecular formula is C28H26ClN7O3. The van der Waals surface area contributed by atoms with Crippen LogP contribution in [-0.4, -0.2) is 49.0 Å². The van der Waals surface area contributed by atoms with Gasteiger partial charge in [0.1, 0.15) is 23.7 Å². The van der Waals surface area contributed by atoms with Gasteiger partial charge in [-0.15, -0.1) is 0 Å². The van der Waals surface area contributed by atoms with Crippen molar-refractivity contribution in [3.8, 4) is 28.5 Å². The molecule has 0 aliphatic carbocycles. The van der Waals surface area contributed by atoms with Gasteiger partial charge in [-0.1, -0.05) is 23.7 Å². The Morgan fingerprint density at radius 1 is 1.05 bits per heavy atom. The molecule has 5 aromatic rings. The van der Waals surface area contributed by atoms with Crippen LogP contribution in [0.3, 0.4) is 0 Å². The Bertz CT molecular complexity index is 1640. The molecule has 1 atom stereocenters. The number of ether oxygens (including phenoxy) is 3. The first-order valence-corrected chi connectivity index (χ1v) is 12.9. The minimum atomic E-state index is 0.109. The van der Waals surface area contributed by atoms with E-state index in [1.807, 2.05) is 61.8 Å². The number of aromatic nitrogens is 6. The van der Waals surface area contributed by atoms with Gasteiger partial charge >= 0.3 is 0 Å². The van der Waals surface area contributed by atoms with Gasteiger partial charge in [0.25, 0.3) is 5.88 Å². The third-order valence-corrected chi connectivity index (χ3v) is 6.64. The summed E-state index contributed by atoms with van der Waals surface area (Å²) in [6.45, 7) is 1.92. The highest BCUT2D eigenvalue weighted by atomic mass is 35.5. The number of anilines is 1. The fourth-order valence-electron chi connectivity index (χ4n) is 4.42. The van der Waals surface area contributed by atoms with Crippen molar-refractivity contribution in [3.05, 3.63) is 77.3 Å². The minimum absolute atomic E-state index is 0.109. The monoisotopic (exact) mass is 543 g/mol. The lowest BCUT2D eigenvalue weighted by atomic mass is 10.0. The van der Waals surface area contributed by atoms with Crippen LogP contribution in [0.25, 0.3) is 33.5 Å². The first-order valence-electron chi connectivity index (χ1n) is 12.5. The van der Waals surface area contributed by atoms with Crippen LogP contribution in [0.2, 0.25) is 5.02 Å². The smallest absolute Gasteiger partial charge is 0.258 e. The van der Waals surface area contributed by atoms with Crippen LogP contribution < -0.4 is 10.5 Å². The maximum atomic E-state index is 6.60. The number of benzene rings is 1. The number of aryl methyl sites for hydroxylation is 1. The van der Waals surface area contributed by atoms with E-state index in [9.17, 15) is 0 Å². The largest absolute Gasteiger partial charge is 0.469 e. The second kappa shape index (κ2) is 10.9. The van der Waals surface area contributed by atoms with Crippen LogP contribution >= 0.6 is 11.6 Å². The Kier molecular flexibility index (Phi) is 7.06. The summed E-state index contributed by atoms with van der Waals surface area (Å²) in [6, 6.07) is 15.2. The summed E-state index contributed by atoms with van der Waals surface area (Å²) in [5.74, 6) is 0.340. The van der Waals surface area contributed by atoms with Crippen molar-refractivity contribution in [2.24, 2.45) is 7.05 Å². The van der Waals surface area contributed by atoms with E-state index in [4.69, 9.17) is 36.5 Å². The summed E-state index contributed by atoms with van der Waals surface area (Å²) in [5, 5.41) is 5.89. The van der Waals surface area contributed by atoms with E-state index in [1.54, 1.807) is 10.9 Å². The number of rotatable bonds is 8. The highest BCUT2D eigenvalue weighted by molar-refractivity contribution is 6.35. The summed E-state index contributed by atoms with van der Waals surface area (Å²) in [4.78, 5) is 18.5. The van der Waals surface area contributed by atoms with E-state index in [-0.39, 0.29) is 24.4 Å². The Morgan fingerprint density at radius 3 is 2.72 bits per heavy atom. The highest BCUT2D eigenvalue weighted by Crippen LogP contribution is 2.36. The van der Waals surface area contributed by atoms with Crippen LogP contribution in [0.15, 0.2) is 60.9 Å². The molecular weight excluding hydrogens is 518 g/mol. The normalized spacial score (nSPS) is 15.2. The predicted octanol–water partition coefficient (Wildman–Crippen LogP) is 4.61. The van der Waals surface area contributed by atoms with Crippen LogP contribution in [0.5, 0.6) is 5.88 Å². The molecule has 1 fully saturated rings. The van der Waals surface area contributed by atoms with Gasteiger partial charge in [-0.3, -0.25) is 14.6 Å². The van der Waals surface area contributed by atoms with E-state index in [2.05, 4.69) is 20.1 Å². The Balaban J connectivity index is 1.31. The lowest BCUT2D eigenvalue weighted by Gasteiger charge is -2.14. The summed E-state index contributed by atoms with van der Waals surface area (Å²) in [6.07, 6.45) is 4.55. The SMILES string of the molecule is Cn1ccc(-c2nc(N)c(OCc3cccc(COC4CCOC4)n3)nc2-c2cc(Cl)c3ncccc3c2)n1. The number of hydrogen-bond acceptors (Lipinski definition) is 9. The van der Waals surface area contributed by atoms with Gasteiger partial charge in [0.15, 0.2) is 5.82 Å². The zero-order valence-electron chi connectivity index (χ0n) is 21.2. The topological polar surface area (TPSA) is 123 Å². The van der Waals surface area contributed by atoms with Crippen molar-refractivity contribution in [1.82, 2.24) is 29.7 Å². The molecule has 0 radical (unpaired) electrons. The fraction of sp³-hybridized carbons (Fsp3) is 0.250. The Labute approximate surface area is 229 Å². The van der Waals surface area contributed by atoms with Crippen molar-refractivity contribution in [3.63, 3.8) is 0 Å². The van der Waals surface area contributed by atoms with Crippen molar-refractivity contribution in [2.75, 3.05) is 18.9 Å². The summed E-state index contributed by atoms with van der Waals surface area (Å²) < 4.78 is 19.0. The fourth-order valence-corrected chi connectivity index (χ4v) is 4.70. The predicted molar refractivity (Wildman–Crippen MR) is 147 cm³/mol. The lowest BCUT2D eigenvalue weighted by Crippen LogP contribution is -2.13. The average molecular weight is 544 g/mol. The van der Waals surface area contributed by atoms with E-state index in [1.165, 1.54) is 0 Å². The molecule has 0 saturated carbocycles. The molecule has 1 aliphatic rings. The van der Waals surface area contributed by atoms with Gasteiger partial charge in [-0.2, -0.15) is 5.10 Å². The first-order chi connectivity index (χ1) is 19.0. The third-order valence-electron chi connectivity index (χ3n) is 6.35. The minimum Gasteiger partial charge on any atom is -0.469 e. The van der Waals surface area contributed by atoms with Crippen LogP contribution in [-0.2, 0) is 29.7 Å². The highest BCUT2D eigenvalue weighted by Gasteiger charge is 2.20. The molecule has 2 N–H and O–H groups in total. The van der Waals surface area contributed by atoms with Gasteiger partial charge < -0.3 is 19.9 Å². The Hall–Kier alpha value is -4.12. The van der Waals surface area contributed by atoms with Crippen molar-refractivity contribution < 1.29 is 14.2 Å². The molecule has 198 valence electrons. The number of halogens is 1. The maximum Gasteiger partial charge on any atom is 0.258 e. The van der Waals surface area contributed by atoms with Crippen molar-refractivity contribution in [1.29, 1.82) is 0 Å². The molecule has 39 heavy (non-hydrogen) atoms. The zero-order valence-corrected chi connectivity index (χ0v) is 22.0. The number of pyridine rings is 2. The quantitative estimate of drug-likeness (QED) is 0.299. The molecule has 1 aromatic carbocycles. The number of nitrogens with two attached hydrogens (primary N) is 1. The van der Waals surface area contributed by atoms with Gasteiger partial charge in [-0.25, -0.2) is 9.97 Å². The maximum absolute atomic E-state index is 6.60. The van der Waals surface area contributed by atoms with Gasteiger partial charge in [0.05, 0.1) is 41.2 Å². The van der Waals surface area contributed by atoms with Gasteiger partial charge in [0, 0.05) is 37.0 Å². The van der Waals surface area contributed by atoms with Gasteiger partial charge in [-0.05, 0) is 42.8 Å². The molecule has 4 aromatic heterocycles. The summed E-state index contributed by atoms with van der Waals surface area (Å²) in [7, 11) is 1.84. The molecule has 10 nitrogen and oxygen atoms in total. The number of nitrogens with zero attached hydrogens (tertiary/aromatic N) is 6. The molecule has 0 bridgehead atoms. The van der Waals surface area contributed by atoms with Crippen molar-refractivity contribution in [2.45, 2.75) is 25.7 Å². The molecule has 5 heterocycles. The molecule has 0 amide bonds. The Morgan fingerprint density at radius 2 is 1.92 bits per heavy atom. The number of fused-ring (bicyclic) bond motifs is 1. The van der Waals surface area contributed by atoms with E-state index >= 15 is 0 Å². The van der Waals surface area contributed by atoms with E-state index < -0.39 is 0 Å². The number of nitrogen functional groups attached to an aromatic ring is 1. The van der Waals surface area contributed by atoms with Gasteiger partial charge in [0.2, 0.25) is 0 Å². The number of hydrogen-bond donors (Lipinski definition) is 1. The van der Waals surface area contributed by atoms with E-state index in [0.29, 0.717) is 40.8 Å². The average Bonchev–Trinajstić information content (AvgIpc) is 3.63. The zero-order chi connectivity index (χ0) is 26.8. The first kappa shape index (κ1) is 25.2. The molecule has 0 spiro atoms. The molecule has 1 unspecified atom stereocenters. The van der Waals surface area contributed by atoms with Crippen molar-refractivity contribution >= 4 is 28.3 Å². The van der Waals surface area contributed by atoms with Crippen LogP contribution in [0, 0.1) is 0 Å². The van der Waals surface area contributed by atoms with E-state index in [0.717, 1.165) is 35.4 Å². The second-order valence-electron chi connectivity index (χ2n) is 9.22. The summed E-state index contributed by atoms with van der Waals surface area (Å²) >= 11 is 6.60. The summed E-state index contributed by atoms with van der Waals surface area (Å²) in [5.41, 5.74) is 11.0. The second-order valence-corrected chi connectivity index (χ2v) is 9.63.